The monoisotopic (exact) mass is 354 g/mol. The van der Waals surface area contributed by atoms with Crippen LogP contribution in [-0.2, 0) is 19.1 Å². The summed E-state index contributed by atoms with van der Waals surface area (Å²) in [6.45, 7) is 3.03. The zero-order valence-electron chi connectivity index (χ0n) is 14.0. The predicted octanol–water partition coefficient (Wildman–Crippen LogP) is -2.19. The number of aliphatic hydroxyl groups is 1. The Morgan fingerprint density at radius 1 is 1.44 bits per heavy atom. The highest BCUT2D eigenvalue weighted by Gasteiger charge is 2.35. The Hall–Kier alpha value is -2.37. The Kier molecular flexibility index (Phi) is 6.17. The minimum atomic E-state index is -0.828. The highest BCUT2D eigenvalue weighted by molar-refractivity contribution is 6.21. The van der Waals surface area contributed by atoms with Crippen molar-refractivity contribution in [3.8, 4) is 0 Å². The maximum absolute atomic E-state index is 11.7. The highest BCUT2D eigenvalue weighted by atomic mass is 16.6. The van der Waals surface area contributed by atoms with Crippen LogP contribution in [0, 0.1) is 5.92 Å². The molecule has 2 aliphatic rings. The van der Waals surface area contributed by atoms with E-state index in [9.17, 15) is 14.7 Å². The van der Waals surface area contributed by atoms with Crippen LogP contribution in [0.3, 0.4) is 0 Å². The fourth-order valence-corrected chi connectivity index (χ4v) is 2.03. The maximum atomic E-state index is 11.7. The molecule has 0 aromatic rings. The van der Waals surface area contributed by atoms with Crippen LogP contribution in [0.15, 0.2) is 15.0 Å². The fourth-order valence-electron chi connectivity index (χ4n) is 2.03. The van der Waals surface area contributed by atoms with Gasteiger partial charge in [-0.2, -0.15) is 9.98 Å². The first kappa shape index (κ1) is 19.0. The molecule has 2 aliphatic heterocycles. The number of amides is 1. The summed E-state index contributed by atoms with van der Waals surface area (Å²) < 4.78 is 10.5. The van der Waals surface area contributed by atoms with E-state index in [2.05, 4.69) is 15.0 Å². The van der Waals surface area contributed by atoms with Crippen molar-refractivity contribution in [3.05, 3.63) is 0 Å². The van der Waals surface area contributed by atoms with E-state index in [1.165, 1.54) is 11.2 Å². The third-order valence-electron chi connectivity index (χ3n) is 3.64. The van der Waals surface area contributed by atoms with Crippen LogP contribution in [0.4, 0.5) is 0 Å². The van der Waals surface area contributed by atoms with E-state index in [1.54, 1.807) is 13.8 Å². The van der Waals surface area contributed by atoms with Crippen molar-refractivity contribution >= 4 is 30.0 Å². The molecule has 2 heterocycles. The first-order valence-corrected chi connectivity index (χ1v) is 7.74. The molecule has 138 valence electrons. The van der Waals surface area contributed by atoms with Crippen molar-refractivity contribution in [2.24, 2.45) is 32.4 Å². The molecule has 0 saturated carbocycles. The second-order valence-electron chi connectivity index (χ2n) is 5.92. The average molecular weight is 354 g/mol. The number of hydrogen-bond donors (Lipinski definition) is 3. The highest BCUT2D eigenvalue weighted by Crippen LogP contribution is 2.14. The second kappa shape index (κ2) is 8.14. The number of amidine groups is 1. The molecule has 0 fully saturated rings. The molecule has 0 spiro atoms. The maximum Gasteiger partial charge on any atom is 0.323 e. The van der Waals surface area contributed by atoms with E-state index in [4.69, 9.17) is 20.9 Å². The zero-order valence-corrected chi connectivity index (χ0v) is 14.0. The average Bonchev–Trinajstić information content (AvgIpc) is 2.97. The molecule has 0 aromatic heterocycles. The SMILES string of the molecule is CC(C)[C@@H](N)C(=O)OCC(CO)OCN1C=NC2C(=O)N=C(N)N=C21. The number of esters is 1. The smallest absolute Gasteiger partial charge is 0.323 e. The first-order chi connectivity index (χ1) is 11.8. The third kappa shape index (κ3) is 4.59. The zero-order chi connectivity index (χ0) is 18.6. The number of carbonyl (C=O) groups excluding carboxylic acids is 2. The largest absolute Gasteiger partial charge is 0.462 e. The van der Waals surface area contributed by atoms with Crippen molar-refractivity contribution < 1.29 is 24.2 Å². The summed E-state index contributed by atoms with van der Waals surface area (Å²) in [6, 6.07) is -1.57. The van der Waals surface area contributed by atoms with Gasteiger partial charge in [0.05, 0.1) is 12.9 Å². The molecule has 25 heavy (non-hydrogen) atoms. The molecule has 11 heteroatoms. The minimum absolute atomic E-state index is 0.0571. The van der Waals surface area contributed by atoms with E-state index < -0.39 is 30.1 Å². The predicted molar refractivity (Wildman–Crippen MR) is 88.8 cm³/mol. The lowest BCUT2D eigenvalue weighted by atomic mass is 10.1. The third-order valence-corrected chi connectivity index (χ3v) is 3.64. The fraction of sp³-hybridized carbons (Fsp3) is 0.643. The van der Waals surface area contributed by atoms with Gasteiger partial charge in [0.2, 0.25) is 5.96 Å². The molecule has 11 nitrogen and oxygen atoms in total. The van der Waals surface area contributed by atoms with Gasteiger partial charge in [0.15, 0.2) is 11.9 Å². The van der Waals surface area contributed by atoms with Gasteiger partial charge >= 0.3 is 5.97 Å². The molecule has 2 rings (SSSR count). The van der Waals surface area contributed by atoms with Gasteiger partial charge in [0, 0.05) is 0 Å². The van der Waals surface area contributed by atoms with E-state index in [-0.39, 0.29) is 31.8 Å². The lowest BCUT2D eigenvalue weighted by Crippen LogP contribution is -2.42. The standard InChI is InChI=1S/C14H22N6O5/c1-7(2)9(15)13(23)24-4-8(3-21)25-6-20-5-17-10-11(20)18-14(16)19-12(10)22/h5,7-10,21H,3-4,6,15H2,1-2H3,(H2,16,19,22)/t8?,9-,10?/m1/s1. The number of ether oxygens (including phenoxy) is 2. The van der Waals surface area contributed by atoms with Gasteiger partial charge in [0.25, 0.3) is 5.91 Å². The van der Waals surface area contributed by atoms with Gasteiger partial charge in [-0.1, -0.05) is 13.8 Å². The number of aliphatic imine (C=N–C) groups is 3. The lowest BCUT2D eigenvalue weighted by Gasteiger charge is -2.23. The molecule has 2 unspecified atom stereocenters. The van der Waals surface area contributed by atoms with Crippen LogP contribution < -0.4 is 11.5 Å². The van der Waals surface area contributed by atoms with Crippen molar-refractivity contribution in [2.75, 3.05) is 19.9 Å². The molecule has 0 saturated heterocycles. The normalized spacial score (nSPS) is 21.7. The van der Waals surface area contributed by atoms with E-state index in [1.807, 2.05) is 0 Å². The molecule has 0 radical (unpaired) electrons. The quantitative estimate of drug-likeness (QED) is 0.414. The van der Waals surface area contributed by atoms with Gasteiger partial charge in [-0.25, -0.2) is 0 Å². The van der Waals surface area contributed by atoms with Crippen LogP contribution in [0.25, 0.3) is 0 Å². The van der Waals surface area contributed by atoms with Crippen molar-refractivity contribution in [1.29, 1.82) is 0 Å². The number of rotatable bonds is 8. The van der Waals surface area contributed by atoms with E-state index in [0.717, 1.165) is 0 Å². The second-order valence-corrected chi connectivity index (χ2v) is 5.92. The number of fused-ring (bicyclic) bond motifs is 1. The summed E-state index contributed by atoms with van der Waals surface area (Å²) in [4.78, 5) is 36.4. The van der Waals surface area contributed by atoms with Gasteiger partial charge in [0.1, 0.15) is 25.5 Å². The molecule has 5 N–H and O–H groups in total. The topological polar surface area (TPSA) is 165 Å². The Morgan fingerprint density at radius 2 is 2.16 bits per heavy atom. The molecule has 0 bridgehead atoms. The van der Waals surface area contributed by atoms with Crippen LogP contribution in [0.5, 0.6) is 0 Å². The van der Waals surface area contributed by atoms with Gasteiger partial charge < -0.3 is 26.0 Å². The van der Waals surface area contributed by atoms with Crippen molar-refractivity contribution in [3.63, 3.8) is 0 Å². The van der Waals surface area contributed by atoms with E-state index >= 15 is 0 Å². The van der Waals surface area contributed by atoms with Crippen LogP contribution in [0.2, 0.25) is 0 Å². The molecule has 0 aliphatic carbocycles. The first-order valence-electron chi connectivity index (χ1n) is 7.74. The number of nitrogens with zero attached hydrogens (tertiary/aromatic N) is 4. The number of nitrogens with two attached hydrogens (primary N) is 2. The molecule has 3 atom stereocenters. The number of aliphatic hydroxyl groups excluding tert-OH is 1. The summed E-state index contributed by atoms with van der Waals surface area (Å²) in [5.41, 5.74) is 11.2. The molecular formula is C14H22N6O5. The number of carbonyl (C=O) groups is 2. The number of guanidine groups is 1. The van der Waals surface area contributed by atoms with Crippen LogP contribution in [-0.4, -0.2) is 78.1 Å². The van der Waals surface area contributed by atoms with Crippen molar-refractivity contribution in [1.82, 2.24) is 4.90 Å². The molecular weight excluding hydrogens is 332 g/mol. The summed E-state index contributed by atoms with van der Waals surface area (Å²) in [7, 11) is 0. The van der Waals surface area contributed by atoms with Crippen LogP contribution in [0.1, 0.15) is 13.8 Å². The van der Waals surface area contributed by atoms with Gasteiger partial charge in [-0.05, 0) is 5.92 Å². The Labute approximate surface area is 144 Å². The summed E-state index contributed by atoms with van der Waals surface area (Å²) in [5, 5.41) is 9.35. The van der Waals surface area contributed by atoms with Crippen molar-refractivity contribution in [2.45, 2.75) is 32.0 Å². The Morgan fingerprint density at radius 3 is 2.80 bits per heavy atom. The summed E-state index contributed by atoms with van der Waals surface area (Å²) in [6.07, 6.45) is 0.617. The van der Waals surface area contributed by atoms with E-state index in [0.29, 0.717) is 5.84 Å². The summed E-state index contributed by atoms with van der Waals surface area (Å²) in [5.74, 6) is -0.981. The lowest BCUT2D eigenvalue weighted by molar-refractivity contribution is -0.152. The van der Waals surface area contributed by atoms with Gasteiger partial charge in [-0.15, -0.1) is 0 Å². The Balaban J connectivity index is 1.85. The van der Waals surface area contributed by atoms with Gasteiger partial charge in [-0.3, -0.25) is 19.5 Å². The minimum Gasteiger partial charge on any atom is -0.462 e. The summed E-state index contributed by atoms with van der Waals surface area (Å²) >= 11 is 0. The van der Waals surface area contributed by atoms with Crippen LogP contribution >= 0.6 is 0 Å². The number of hydrogen-bond acceptors (Lipinski definition) is 10. The molecule has 0 aromatic carbocycles. The molecule has 1 amide bonds. The Bertz CT molecular complexity index is 617.